The van der Waals surface area contributed by atoms with Gasteiger partial charge in [0.05, 0.1) is 0 Å². The minimum atomic E-state index is -0.775. The van der Waals surface area contributed by atoms with Crippen LogP contribution in [0.2, 0.25) is 0 Å². The number of hydrogen-bond donors (Lipinski definition) is 2. The summed E-state index contributed by atoms with van der Waals surface area (Å²) in [7, 11) is 0. The number of hydrogen-bond acceptors (Lipinski definition) is 2. The largest absolute Gasteiger partial charge is 0.480 e. The van der Waals surface area contributed by atoms with Gasteiger partial charge < -0.3 is 10.4 Å². The average molecular weight is 127 g/mol. The zero-order valence-electron chi connectivity index (χ0n) is 5.22. The van der Waals surface area contributed by atoms with E-state index in [9.17, 15) is 4.79 Å². The highest BCUT2D eigenvalue weighted by atomic mass is 16.4. The van der Waals surface area contributed by atoms with E-state index < -0.39 is 5.97 Å². The molecule has 3 nitrogen and oxygen atoms in total. The first-order valence-corrected chi connectivity index (χ1v) is 2.84. The van der Waals surface area contributed by atoms with Crippen LogP contribution in [0, 0.1) is 0 Å². The number of carboxylic acid groups (broad SMARTS) is 1. The van der Waals surface area contributed by atoms with Crippen molar-refractivity contribution in [2.24, 2.45) is 0 Å². The SMILES string of the molecule is CC1=CNC(C(=O)O)C1. The maximum atomic E-state index is 10.3. The Kier molecular flexibility index (Phi) is 1.42. The van der Waals surface area contributed by atoms with Gasteiger partial charge in [-0.2, -0.15) is 0 Å². The topological polar surface area (TPSA) is 49.3 Å². The van der Waals surface area contributed by atoms with Crippen molar-refractivity contribution in [1.82, 2.24) is 5.32 Å². The highest BCUT2D eigenvalue weighted by Crippen LogP contribution is 2.10. The van der Waals surface area contributed by atoms with Crippen LogP contribution in [0.5, 0.6) is 0 Å². The van der Waals surface area contributed by atoms with Crippen molar-refractivity contribution in [1.29, 1.82) is 0 Å². The first kappa shape index (κ1) is 6.13. The summed E-state index contributed by atoms with van der Waals surface area (Å²) < 4.78 is 0. The summed E-state index contributed by atoms with van der Waals surface area (Å²) in [5.41, 5.74) is 1.10. The van der Waals surface area contributed by atoms with Gasteiger partial charge in [0.1, 0.15) is 6.04 Å². The molecule has 0 saturated carbocycles. The molecule has 0 aromatic heterocycles. The molecule has 3 heteroatoms. The second-order valence-electron chi connectivity index (χ2n) is 2.25. The molecule has 1 atom stereocenters. The Morgan fingerprint density at radius 1 is 2.00 bits per heavy atom. The van der Waals surface area contributed by atoms with Crippen molar-refractivity contribution in [3.8, 4) is 0 Å². The third kappa shape index (κ3) is 1.22. The van der Waals surface area contributed by atoms with Gasteiger partial charge in [-0.05, 0) is 13.1 Å². The predicted molar refractivity (Wildman–Crippen MR) is 32.9 cm³/mol. The van der Waals surface area contributed by atoms with E-state index in [1.165, 1.54) is 0 Å². The van der Waals surface area contributed by atoms with Gasteiger partial charge in [0, 0.05) is 6.42 Å². The Morgan fingerprint density at radius 2 is 2.67 bits per heavy atom. The van der Waals surface area contributed by atoms with E-state index in [0.717, 1.165) is 5.57 Å². The van der Waals surface area contributed by atoms with Crippen LogP contribution >= 0.6 is 0 Å². The molecule has 1 aliphatic rings. The summed E-state index contributed by atoms with van der Waals surface area (Å²) in [6.07, 6.45) is 2.38. The molecule has 0 fully saturated rings. The van der Waals surface area contributed by atoms with E-state index in [2.05, 4.69) is 5.32 Å². The summed E-state index contributed by atoms with van der Waals surface area (Å²) in [5, 5.41) is 11.2. The highest BCUT2D eigenvalue weighted by Gasteiger charge is 2.19. The van der Waals surface area contributed by atoms with Crippen LogP contribution in [0.15, 0.2) is 11.8 Å². The number of carbonyl (C=O) groups is 1. The molecule has 0 saturated heterocycles. The maximum Gasteiger partial charge on any atom is 0.326 e. The second-order valence-corrected chi connectivity index (χ2v) is 2.25. The molecular weight excluding hydrogens is 118 g/mol. The van der Waals surface area contributed by atoms with Crippen molar-refractivity contribution in [2.45, 2.75) is 19.4 Å². The zero-order chi connectivity index (χ0) is 6.85. The molecule has 0 amide bonds. The first-order chi connectivity index (χ1) is 4.20. The van der Waals surface area contributed by atoms with Gasteiger partial charge >= 0.3 is 5.97 Å². The van der Waals surface area contributed by atoms with Gasteiger partial charge in [0.15, 0.2) is 0 Å². The molecule has 0 radical (unpaired) electrons. The summed E-state index contributed by atoms with van der Waals surface area (Å²) in [4.78, 5) is 10.3. The average Bonchev–Trinajstić information content (AvgIpc) is 2.14. The van der Waals surface area contributed by atoms with Crippen LogP contribution in [-0.2, 0) is 4.79 Å². The fourth-order valence-corrected chi connectivity index (χ4v) is 0.841. The maximum absolute atomic E-state index is 10.3. The number of nitrogens with one attached hydrogen (secondary N) is 1. The minimum absolute atomic E-state index is 0.384. The van der Waals surface area contributed by atoms with Crippen LogP contribution < -0.4 is 5.32 Å². The van der Waals surface area contributed by atoms with E-state index >= 15 is 0 Å². The van der Waals surface area contributed by atoms with Crippen molar-refractivity contribution in [3.05, 3.63) is 11.8 Å². The van der Waals surface area contributed by atoms with Crippen molar-refractivity contribution < 1.29 is 9.90 Å². The molecular formula is C6H9NO2. The Labute approximate surface area is 53.4 Å². The van der Waals surface area contributed by atoms with Crippen LogP contribution in [0.1, 0.15) is 13.3 Å². The van der Waals surface area contributed by atoms with Crippen molar-refractivity contribution in [2.75, 3.05) is 0 Å². The Hall–Kier alpha value is -0.990. The molecule has 1 rings (SSSR count). The lowest BCUT2D eigenvalue weighted by atomic mass is 10.2. The third-order valence-corrected chi connectivity index (χ3v) is 1.36. The van der Waals surface area contributed by atoms with Crippen LogP contribution in [-0.4, -0.2) is 17.1 Å². The Bertz CT molecular complexity index is 162. The lowest BCUT2D eigenvalue weighted by molar-refractivity contribution is -0.138. The normalized spacial score (nSPS) is 25.0. The van der Waals surface area contributed by atoms with Gasteiger partial charge in [0.2, 0.25) is 0 Å². The molecule has 0 bridgehead atoms. The van der Waals surface area contributed by atoms with E-state index in [0.29, 0.717) is 6.42 Å². The molecule has 50 valence electrons. The van der Waals surface area contributed by atoms with Crippen molar-refractivity contribution in [3.63, 3.8) is 0 Å². The molecule has 9 heavy (non-hydrogen) atoms. The summed E-state index contributed by atoms with van der Waals surface area (Å²) in [5.74, 6) is -0.775. The second kappa shape index (κ2) is 2.09. The highest BCUT2D eigenvalue weighted by molar-refractivity contribution is 5.74. The fourth-order valence-electron chi connectivity index (χ4n) is 0.841. The Balaban J connectivity index is 2.47. The molecule has 0 spiro atoms. The quantitative estimate of drug-likeness (QED) is 0.534. The molecule has 0 aliphatic carbocycles. The monoisotopic (exact) mass is 127 g/mol. The van der Waals surface area contributed by atoms with Gasteiger partial charge in [-0.15, -0.1) is 0 Å². The van der Waals surface area contributed by atoms with E-state index in [1.807, 2.05) is 6.92 Å². The summed E-state index contributed by atoms with van der Waals surface area (Å²) in [6, 6.07) is -0.384. The van der Waals surface area contributed by atoms with E-state index in [-0.39, 0.29) is 6.04 Å². The number of aliphatic carboxylic acids is 1. The number of rotatable bonds is 1. The standard InChI is InChI=1S/C6H9NO2/c1-4-2-5(6(8)9)7-3-4/h3,5,7H,2H2,1H3,(H,8,9). The fraction of sp³-hybridized carbons (Fsp3) is 0.500. The van der Waals surface area contributed by atoms with E-state index in [4.69, 9.17) is 5.11 Å². The van der Waals surface area contributed by atoms with Crippen LogP contribution in [0.25, 0.3) is 0 Å². The van der Waals surface area contributed by atoms with E-state index in [1.54, 1.807) is 6.20 Å². The smallest absolute Gasteiger partial charge is 0.326 e. The van der Waals surface area contributed by atoms with Crippen LogP contribution in [0.4, 0.5) is 0 Å². The van der Waals surface area contributed by atoms with Crippen LogP contribution in [0.3, 0.4) is 0 Å². The van der Waals surface area contributed by atoms with Crippen molar-refractivity contribution >= 4 is 5.97 Å². The lowest BCUT2D eigenvalue weighted by Crippen LogP contribution is -2.28. The van der Waals surface area contributed by atoms with Gasteiger partial charge in [0.25, 0.3) is 0 Å². The zero-order valence-corrected chi connectivity index (χ0v) is 5.22. The predicted octanol–water partition coefficient (Wildman–Crippen LogP) is 0.337. The molecule has 0 aromatic rings. The van der Waals surface area contributed by atoms with Gasteiger partial charge in [-0.1, -0.05) is 5.57 Å². The molecule has 1 aliphatic heterocycles. The van der Waals surface area contributed by atoms with Gasteiger partial charge in [-0.3, -0.25) is 0 Å². The third-order valence-electron chi connectivity index (χ3n) is 1.36. The number of carboxylic acids is 1. The summed E-state index contributed by atoms with van der Waals surface area (Å²) >= 11 is 0. The first-order valence-electron chi connectivity index (χ1n) is 2.84. The molecule has 1 heterocycles. The van der Waals surface area contributed by atoms with Gasteiger partial charge in [-0.25, -0.2) is 4.79 Å². The molecule has 2 N–H and O–H groups in total. The summed E-state index contributed by atoms with van der Waals surface area (Å²) in [6.45, 7) is 1.91. The minimum Gasteiger partial charge on any atom is -0.480 e. The lowest BCUT2D eigenvalue weighted by Gasteiger charge is -2.01. The molecule has 1 unspecified atom stereocenters. The molecule has 0 aromatic carbocycles. The Morgan fingerprint density at radius 3 is 2.89 bits per heavy atom.